The number of carbonyl (C=O) groups excluding carboxylic acids is 1. The van der Waals surface area contributed by atoms with Gasteiger partial charge in [-0.15, -0.1) is 0 Å². The molecule has 1 aliphatic rings. The summed E-state index contributed by atoms with van der Waals surface area (Å²) in [6, 6.07) is 6.33. The molecule has 8 nitrogen and oxygen atoms in total. The van der Waals surface area contributed by atoms with Crippen LogP contribution in [0.3, 0.4) is 0 Å². The van der Waals surface area contributed by atoms with Gasteiger partial charge in [0.1, 0.15) is 17.5 Å². The molecule has 4 rings (SSSR count). The number of nitrogens with zero attached hydrogens (tertiary/aromatic N) is 6. The molecule has 0 saturated heterocycles. The SMILES string of the molecule is C=N/C(=C\C(=NC)n1nc(C)c(C=O)c1C)Nc1c(C)c(-c2ccc(F)cc2)nn1CC1CC1. The standard InChI is InChI=1S/C25H28FN7O/c1-15-24(19-8-10-20(26)11-9-19)31-32(13-18-6-7-18)25(15)29-22(27-4)12-23(28-5)33-17(3)21(14-34)16(2)30-33/h8-12,14,18,29H,4,6-7,13H2,1-3,5H3/b22-12+,28-23?. The molecule has 1 saturated carbocycles. The first kappa shape index (κ1) is 23.3. The van der Waals surface area contributed by atoms with Crippen LogP contribution in [-0.2, 0) is 6.54 Å². The molecule has 1 aromatic carbocycles. The number of halogens is 1. The lowest BCUT2D eigenvalue weighted by molar-refractivity contribution is 0.112. The molecule has 1 fully saturated rings. The Morgan fingerprint density at radius 3 is 2.50 bits per heavy atom. The van der Waals surface area contributed by atoms with E-state index in [0.29, 0.717) is 34.5 Å². The predicted molar refractivity (Wildman–Crippen MR) is 132 cm³/mol. The molecule has 1 aliphatic carbocycles. The normalized spacial score (nSPS) is 14.4. The van der Waals surface area contributed by atoms with Gasteiger partial charge in [0.2, 0.25) is 0 Å². The Morgan fingerprint density at radius 2 is 1.94 bits per heavy atom. The van der Waals surface area contributed by atoms with Gasteiger partial charge in [-0.1, -0.05) is 0 Å². The highest BCUT2D eigenvalue weighted by Crippen LogP contribution is 2.35. The van der Waals surface area contributed by atoms with Crippen molar-refractivity contribution in [2.45, 2.75) is 40.2 Å². The van der Waals surface area contributed by atoms with Gasteiger partial charge in [0.15, 0.2) is 12.1 Å². The molecular weight excluding hydrogens is 433 g/mol. The van der Waals surface area contributed by atoms with Crippen molar-refractivity contribution in [2.75, 3.05) is 12.4 Å². The third-order valence-corrected chi connectivity index (χ3v) is 6.03. The summed E-state index contributed by atoms with van der Waals surface area (Å²) in [6.07, 6.45) is 4.88. The lowest BCUT2D eigenvalue weighted by atomic mass is 10.1. The average Bonchev–Trinajstić information content (AvgIpc) is 3.54. The van der Waals surface area contributed by atoms with Crippen molar-refractivity contribution in [2.24, 2.45) is 15.9 Å². The van der Waals surface area contributed by atoms with Crippen LogP contribution in [0.25, 0.3) is 11.3 Å². The Kier molecular flexibility index (Phi) is 6.54. The summed E-state index contributed by atoms with van der Waals surface area (Å²) in [5.41, 5.74) is 4.41. The zero-order valence-corrected chi connectivity index (χ0v) is 19.8. The maximum atomic E-state index is 13.5. The highest BCUT2D eigenvalue weighted by atomic mass is 19.1. The Bertz CT molecular complexity index is 1290. The van der Waals surface area contributed by atoms with Gasteiger partial charge in [-0.2, -0.15) is 10.2 Å². The minimum absolute atomic E-state index is 0.286. The maximum Gasteiger partial charge on any atom is 0.153 e. The second-order valence-electron chi connectivity index (χ2n) is 8.46. The molecular formula is C25H28FN7O. The van der Waals surface area contributed by atoms with Crippen molar-refractivity contribution in [1.82, 2.24) is 19.6 Å². The lowest BCUT2D eigenvalue weighted by Crippen LogP contribution is -2.16. The van der Waals surface area contributed by atoms with Crippen LogP contribution in [0.4, 0.5) is 10.2 Å². The van der Waals surface area contributed by atoms with E-state index in [-0.39, 0.29) is 5.82 Å². The molecule has 0 amide bonds. The summed E-state index contributed by atoms with van der Waals surface area (Å²) >= 11 is 0. The van der Waals surface area contributed by atoms with Crippen molar-refractivity contribution in [3.63, 3.8) is 0 Å². The molecule has 0 aliphatic heterocycles. The molecule has 2 aromatic heterocycles. The first-order valence-corrected chi connectivity index (χ1v) is 11.1. The highest BCUT2D eigenvalue weighted by Gasteiger charge is 2.26. The number of aldehydes is 1. The second kappa shape index (κ2) is 9.54. The fraction of sp³-hybridized carbons (Fsp3) is 0.320. The Hall–Kier alpha value is -3.88. The topological polar surface area (TPSA) is 89.5 Å². The van der Waals surface area contributed by atoms with Crippen LogP contribution in [0.5, 0.6) is 0 Å². The number of aromatic nitrogens is 4. The van der Waals surface area contributed by atoms with E-state index in [0.717, 1.165) is 35.5 Å². The monoisotopic (exact) mass is 461 g/mol. The largest absolute Gasteiger partial charge is 0.325 e. The minimum atomic E-state index is -0.286. The van der Waals surface area contributed by atoms with Crippen molar-refractivity contribution >= 4 is 24.7 Å². The Balaban J connectivity index is 1.72. The molecule has 34 heavy (non-hydrogen) atoms. The quantitative estimate of drug-likeness (QED) is 0.302. The van der Waals surface area contributed by atoms with Gasteiger partial charge in [0.05, 0.1) is 22.6 Å². The van der Waals surface area contributed by atoms with E-state index in [1.165, 1.54) is 25.0 Å². The van der Waals surface area contributed by atoms with E-state index < -0.39 is 0 Å². The summed E-state index contributed by atoms with van der Waals surface area (Å²) in [7, 11) is 1.65. The number of hydrogen-bond donors (Lipinski definition) is 1. The summed E-state index contributed by atoms with van der Waals surface area (Å²) in [5, 5.41) is 12.6. The summed E-state index contributed by atoms with van der Waals surface area (Å²) in [4.78, 5) is 19.9. The number of nitrogens with one attached hydrogen (secondary N) is 1. The van der Waals surface area contributed by atoms with Gasteiger partial charge < -0.3 is 5.32 Å². The maximum absolute atomic E-state index is 13.5. The van der Waals surface area contributed by atoms with Gasteiger partial charge in [-0.3, -0.25) is 9.79 Å². The van der Waals surface area contributed by atoms with Gasteiger partial charge in [0.25, 0.3) is 0 Å². The molecule has 0 bridgehead atoms. The fourth-order valence-corrected chi connectivity index (χ4v) is 3.90. The molecule has 0 unspecified atom stereocenters. The lowest BCUT2D eigenvalue weighted by Gasteiger charge is -2.12. The number of allylic oxidation sites excluding steroid dienone is 1. The van der Waals surface area contributed by atoms with Crippen LogP contribution in [-0.4, -0.2) is 45.4 Å². The van der Waals surface area contributed by atoms with Crippen molar-refractivity contribution < 1.29 is 9.18 Å². The molecule has 176 valence electrons. The molecule has 2 heterocycles. The molecule has 0 radical (unpaired) electrons. The molecule has 1 N–H and O–H groups in total. The van der Waals surface area contributed by atoms with Crippen LogP contribution in [0.1, 0.15) is 40.2 Å². The van der Waals surface area contributed by atoms with Gasteiger partial charge in [0, 0.05) is 30.8 Å². The predicted octanol–water partition coefficient (Wildman–Crippen LogP) is 4.56. The third kappa shape index (κ3) is 4.59. The molecule has 3 aromatic rings. The first-order chi connectivity index (χ1) is 16.4. The van der Waals surface area contributed by atoms with Crippen LogP contribution < -0.4 is 5.32 Å². The first-order valence-electron chi connectivity index (χ1n) is 11.1. The zero-order chi connectivity index (χ0) is 24.4. The Morgan fingerprint density at radius 1 is 1.24 bits per heavy atom. The van der Waals surface area contributed by atoms with E-state index >= 15 is 0 Å². The van der Waals surface area contributed by atoms with Crippen molar-refractivity contribution in [3.05, 3.63) is 64.5 Å². The van der Waals surface area contributed by atoms with E-state index in [2.05, 4.69) is 27.1 Å². The van der Waals surface area contributed by atoms with Crippen molar-refractivity contribution in [3.8, 4) is 11.3 Å². The highest BCUT2D eigenvalue weighted by molar-refractivity contribution is 5.96. The smallest absolute Gasteiger partial charge is 0.153 e. The number of carbonyl (C=O) groups is 1. The Labute approximate surface area is 197 Å². The number of benzene rings is 1. The summed E-state index contributed by atoms with van der Waals surface area (Å²) in [6.45, 7) is 10.1. The van der Waals surface area contributed by atoms with Gasteiger partial charge in [-0.05, 0) is 70.5 Å². The second-order valence-corrected chi connectivity index (χ2v) is 8.46. The van der Waals surface area contributed by atoms with Crippen LogP contribution in [0.15, 0.2) is 46.1 Å². The van der Waals surface area contributed by atoms with Gasteiger partial charge in [-0.25, -0.2) is 18.7 Å². The van der Waals surface area contributed by atoms with E-state index in [9.17, 15) is 9.18 Å². The minimum Gasteiger partial charge on any atom is -0.325 e. The van der Waals surface area contributed by atoms with Gasteiger partial charge >= 0.3 is 0 Å². The molecule has 0 atom stereocenters. The van der Waals surface area contributed by atoms with Crippen molar-refractivity contribution in [1.29, 1.82) is 0 Å². The van der Waals surface area contributed by atoms with Crippen LogP contribution >= 0.6 is 0 Å². The third-order valence-electron chi connectivity index (χ3n) is 6.03. The average molecular weight is 462 g/mol. The number of aliphatic imine (C=N–C) groups is 2. The summed E-state index contributed by atoms with van der Waals surface area (Å²) < 4.78 is 17.0. The van der Waals surface area contributed by atoms with E-state index in [1.54, 1.807) is 36.9 Å². The molecule has 0 spiro atoms. The number of rotatable bonds is 8. The molecule has 9 heteroatoms. The number of aryl methyl sites for hydroxylation is 1. The van der Waals surface area contributed by atoms with Crippen LogP contribution in [0.2, 0.25) is 0 Å². The number of anilines is 1. The summed E-state index contributed by atoms with van der Waals surface area (Å²) in [5.74, 6) is 2.07. The zero-order valence-electron chi connectivity index (χ0n) is 19.8. The number of hydrogen-bond acceptors (Lipinski definition) is 6. The van der Waals surface area contributed by atoms with E-state index in [1.807, 2.05) is 18.5 Å². The van der Waals surface area contributed by atoms with Crippen LogP contribution in [0, 0.1) is 32.5 Å². The fourth-order valence-electron chi connectivity index (χ4n) is 3.90. The van der Waals surface area contributed by atoms with E-state index in [4.69, 9.17) is 5.10 Å².